The number of nitrogens with zero attached hydrogens (tertiary/aromatic N) is 5. The molecular weight excluding hydrogens is 278 g/mol. The molecule has 0 saturated heterocycles. The van der Waals surface area contributed by atoms with Crippen LogP contribution in [-0.4, -0.2) is 44.7 Å². The molecule has 0 unspecified atom stereocenters. The molecule has 22 heavy (non-hydrogen) atoms. The van der Waals surface area contributed by atoms with E-state index in [2.05, 4.69) is 15.1 Å². The van der Waals surface area contributed by atoms with Crippen molar-refractivity contribution in [1.82, 2.24) is 19.5 Å². The highest BCUT2D eigenvalue weighted by molar-refractivity contribution is 5.93. The molecule has 1 amide bonds. The van der Waals surface area contributed by atoms with Crippen molar-refractivity contribution in [2.75, 3.05) is 13.1 Å². The number of hydrogen-bond acceptors (Lipinski definition) is 4. The van der Waals surface area contributed by atoms with E-state index in [4.69, 9.17) is 0 Å². The molecule has 2 aliphatic heterocycles. The number of aryl methyl sites for hydroxylation is 1. The second kappa shape index (κ2) is 5.05. The summed E-state index contributed by atoms with van der Waals surface area (Å²) in [6.45, 7) is 3.40. The van der Waals surface area contributed by atoms with Crippen molar-refractivity contribution in [2.45, 2.75) is 26.2 Å². The Morgan fingerprint density at radius 3 is 3.05 bits per heavy atom. The third-order valence-corrected chi connectivity index (χ3v) is 4.24. The van der Waals surface area contributed by atoms with Crippen LogP contribution in [0.3, 0.4) is 0 Å². The maximum absolute atomic E-state index is 12.7. The number of aromatic nitrogens is 3. The van der Waals surface area contributed by atoms with Crippen LogP contribution in [0.4, 0.5) is 0 Å². The van der Waals surface area contributed by atoms with E-state index in [1.165, 1.54) is 11.3 Å². The summed E-state index contributed by atoms with van der Waals surface area (Å²) in [7, 11) is 0. The van der Waals surface area contributed by atoms with Crippen molar-refractivity contribution in [3.05, 3.63) is 41.0 Å². The molecule has 0 bridgehead atoms. The first kappa shape index (κ1) is 13.2. The maximum atomic E-state index is 12.7. The van der Waals surface area contributed by atoms with Crippen LogP contribution < -0.4 is 0 Å². The quantitative estimate of drug-likeness (QED) is 0.808. The molecule has 112 valence electrons. The summed E-state index contributed by atoms with van der Waals surface area (Å²) < 4.78 is 1.67. The lowest BCUT2D eigenvalue weighted by Gasteiger charge is -2.19. The highest BCUT2D eigenvalue weighted by atomic mass is 16.2. The van der Waals surface area contributed by atoms with E-state index in [9.17, 15) is 4.79 Å². The minimum Gasteiger partial charge on any atom is -0.337 e. The van der Waals surface area contributed by atoms with E-state index in [1.54, 1.807) is 16.8 Å². The van der Waals surface area contributed by atoms with Gasteiger partial charge in [0.15, 0.2) is 11.3 Å². The lowest BCUT2D eigenvalue weighted by Crippen LogP contribution is -2.32. The number of rotatable bonds is 1. The molecule has 2 aliphatic rings. The molecular formula is C16H17N5O. The molecule has 0 fully saturated rings. The Labute approximate surface area is 128 Å². The van der Waals surface area contributed by atoms with Gasteiger partial charge in [-0.2, -0.15) is 5.10 Å². The molecule has 6 nitrogen and oxygen atoms in total. The second-order valence-electron chi connectivity index (χ2n) is 5.82. The van der Waals surface area contributed by atoms with Gasteiger partial charge in [0.25, 0.3) is 5.91 Å². The highest BCUT2D eigenvalue weighted by Gasteiger charge is 2.24. The minimum absolute atomic E-state index is 0.0201. The highest BCUT2D eigenvalue weighted by Crippen LogP contribution is 2.26. The Balaban J connectivity index is 1.57. The number of amides is 1. The van der Waals surface area contributed by atoms with Gasteiger partial charge in [0, 0.05) is 56.3 Å². The standard InChI is InChI=1S/C16H17N5O/c1-11-9-18-15-8-14(19-21(15)10-11)16(22)20-6-3-12-2-5-17-13(12)4-7-20/h5,8-10H,2-4,6-7H2,1H3. The van der Waals surface area contributed by atoms with Crippen LogP contribution in [0.25, 0.3) is 5.65 Å². The summed E-state index contributed by atoms with van der Waals surface area (Å²) >= 11 is 0. The van der Waals surface area contributed by atoms with Crippen LogP contribution in [0.15, 0.2) is 34.7 Å². The van der Waals surface area contributed by atoms with Gasteiger partial charge in [-0.15, -0.1) is 0 Å². The van der Waals surface area contributed by atoms with Crippen LogP contribution >= 0.6 is 0 Å². The lowest BCUT2D eigenvalue weighted by molar-refractivity contribution is 0.0756. The monoisotopic (exact) mass is 295 g/mol. The predicted octanol–water partition coefficient (Wildman–Crippen LogP) is 2.00. The smallest absolute Gasteiger partial charge is 0.274 e. The molecule has 0 N–H and O–H groups in total. The van der Waals surface area contributed by atoms with Crippen molar-refractivity contribution in [3.8, 4) is 0 Å². The first-order valence-corrected chi connectivity index (χ1v) is 7.55. The van der Waals surface area contributed by atoms with E-state index in [1.807, 2.05) is 24.2 Å². The Kier molecular flexibility index (Phi) is 3.03. The normalized spacial score (nSPS) is 18.0. The Bertz CT molecular complexity index is 817. The van der Waals surface area contributed by atoms with Gasteiger partial charge in [0.1, 0.15) is 0 Å². The Morgan fingerprint density at radius 1 is 1.27 bits per heavy atom. The number of fused-ring (bicyclic) bond motifs is 1. The van der Waals surface area contributed by atoms with Gasteiger partial charge in [-0.1, -0.05) is 0 Å². The van der Waals surface area contributed by atoms with Crippen LogP contribution in [0.2, 0.25) is 0 Å². The average Bonchev–Trinajstić information content (AvgIpc) is 3.08. The molecule has 2 aromatic heterocycles. The summed E-state index contributed by atoms with van der Waals surface area (Å²) in [6.07, 6.45) is 8.32. The SMILES string of the molecule is Cc1cnc2cc(C(=O)N3CCC4=C(CC3)N=CC4)nn2c1. The fourth-order valence-electron chi connectivity index (χ4n) is 3.03. The summed E-state index contributed by atoms with van der Waals surface area (Å²) in [6, 6.07) is 1.76. The fraction of sp³-hybridized carbons (Fsp3) is 0.375. The molecule has 0 saturated carbocycles. The maximum Gasteiger partial charge on any atom is 0.274 e. The summed E-state index contributed by atoms with van der Waals surface area (Å²) in [5.74, 6) is -0.0201. The zero-order valence-corrected chi connectivity index (χ0v) is 12.5. The Morgan fingerprint density at radius 2 is 2.14 bits per heavy atom. The molecule has 4 rings (SSSR count). The van der Waals surface area contributed by atoms with Gasteiger partial charge in [-0.25, -0.2) is 9.50 Å². The third kappa shape index (κ3) is 2.20. The van der Waals surface area contributed by atoms with Gasteiger partial charge < -0.3 is 4.90 Å². The van der Waals surface area contributed by atoms with E-state index < -0.39 is 0 Å². The molecule has 0 aromatic carbocycles. The minimum atomic E-state index is -0.0201. The largest absolute Gasteiger partial charge is 0.337 e. The zero-order valence-electron chi connectivity index (χ0n) is 12.5. The first-order chi connectivity index (χ1) is 10.7. The van der Waals surface area contributed by atoms with Crippen molar-refractivity contribution >= 4 is 17.8 Å². The molecule has 0 spiro atoms. The van der Waals surface area contributed by atoms with Crippen LogP contribution in [-0.2, 0) is 0 Å². The van der Waals surface area contributed by atoms with E-state index in [-0.39, 0.29) is 5.91 Å². The second-order valence-corrected chi connectivity index (χ2v) is 5.82. The molecule has 6 heteroatoms. The van der Waals surface area contributed by atoms with E-state index in [0.717, 1.165) is 31.4 Å². The number of carbonyl (C=O) groups excluding carboxylic acids is 1. The van der Waals surface area contributed by atoms with Crippen molar-refractivity contribution < 1.29 is 4.79 Å². The zero-order chi connectivity index (χ0) is 15.1. The molecule has 4 heterocycles. The topological polar surface area (TPSA) is 62.9 Å². The fourth-order valence-corrected chi connectivity index (χ4v) is 3.03. The van der Waals surface area contributed by atoms with Crippen LogP contribution in [0.1, 0.15) is 35.3 Å². The van der Waals surface area contributed by atoms with E-state index in [0.29, 0.717) is 17.9 Å². The molecule has 0 atom stereocenters. The molecule has 0 radical (unpaired) electrons. The molecule has 0 aliphatic carbocycles. The predicted molar refractivity (Wildman–Crippen MR) is 83.0 cm³/mol. The molecule has 2 aromatic rings. The van der Waals surface area contributed by atoms with Crippen LogP contribution in [0, 0.1) is 6.92 Å². The van der Waals surface area contributed by atoms with Crippen molar-refractivity contribution in [3.63, 3.8) is 0 Å². The van der Waals surface area contributed by atoms with Gasteiger partial charge in [0.05, 0.1) is 0 Å². The lowest BCUT2D eigenvalue weighted by atomic mass is 10.1. The van der Waals surface area contributed by atoms with Gasteiger partial charge in [0.2, 0.25) is 0 Å². The number of hydrogen-bond donors (Lipinski definition) is 0. The van der Waals surface area contributed by atoms with E-state index >= 15 is 0 Å². The van der Waals surface area contributed by atoms with Gasteiger partial charge in [-0.05, 0) is 24.5 Å². The third-order valence-electron chi connectivity index (χ3n) is 4.24. The summed E-state index contributed by atoms with van der Waals surface area (Å²) in [4.78, 5) is 23.3. The van der Waals surface area contributed by atoms with Crippen molar-refractivity contribution in [2.24, 2.45) is 4.99 Å². The number of aliphatic imine (C=N–C) groups is 1. The van der Waals surface area contributed by atoms with Gasteiger partial charge >= 0.3 is 0 Å². The number of carbonyl (C=O) groups is 1. The Hall–Kier alpha value is -2.50. The van der Waals surface area contributed by atoms with Crippen molar-refractivity contribution in [1.29, 1.82) is 0 Å². The van der Waals surface area contributed by atoms with Gasteiger partial charge in [-0.3, -0.25) is 9.79 Å². The average molecular weight is 295 g/mol. The van der Waals surface area contributed by atoms with Crippen LogP contribution in [0.5, 0.6) is 0 Å². The summed E-state index contributed by atoms with van der Waals surface area (Å²) in [5.41, 5.74) is 4.73. The first-order valence-electron chi connectivity index (χ1n) is 7.55. The summed E-state index contributed by atoms with van der Waals surface area (Å²) in [5, 5.41) is 4.37.